The summed E-state index contributed by atoms with van der Waals surface area (Å²) >= 11 is 0. The molecular formula is C12H20F3N3. The minimum absolute atomic E-state index is 0.178. The summed E-state index contributed by atoms with van der Waals surface area (Å²) in [7, 11) is 1.69. The summed E-state index contributed by atoms with van der Waals surface area (Å²) in [6.45, 7) is 2.62. The highest BCUT2D eigenvalue weighted by atomic mass is 19.4. The third-order valence-electron chi connectivity index (χ3n) is 3.68. The van der Waals surface area contributed by atoms with Crippen LogP contribution in [0.2, 0.25) is 0 Å². The van der Waals surface area contributed by atoms with Crippen LogP contribution in [0.4, 0.5) is 13.2 Å². The summed E-state index contributed by atoms with van der Waals surface area (Å²) in [5, 5.41) is 12.1. The molecule has 0 amide bonds. The van der Waals surface area contributed by atoms with Crippen molar-refractivity contribution in [1.29, 1.82) is 5.26 Å². The van der Waals surface area contributed by atoms with Crippen LogP contribution >= 0.6 is 0 Å². The topological polar surface area (TPSA) is 39.1 Å². The molecule has 0 aromatic carbocycles. The second-order valence-electron chi connectivity index (χ2n) is 5.22. The summed E-state index contributed by atoms with van der Waals surface area (Å²) in [6.07, 6.45) is -2.51. The van der Waals surface area contributed by atoms with Crippen molar-refractivity contribution in [3.8, 4) is 6.07 Å². The summed E-state index contributed by atoms with van der Waals surface area (Å²) in [5.41, 5.74) is -0.663. The van der Waals surface area contributed by atoms with Gasteiger partial charge in [-0.2, -0.15) is 18.4 Å². The molecule has 6 heteroatoms. The Morgan fingerprint density at radius 3 is 2.44 bits per heavy atom. The van der Waals surface area contributed by atoms with Gasteiger partial charge < -0.3 is 5.32 Å². The van der Waals surface area contributed by atoms with Crippen LogP contribution in [0.3, 0.4) is 0 Å². The minimum Gasteiger partial charge on any atom is -0.302 e. The lowest BCUT2D eigenvalue weighted by molar-refractivity contribution is -0.155. The van der Waals surface area contributed by atoms with E-state index in [1.165, 1.54) is 4.90 Å². The average Bonchev–Trinajstić information content (AvgIpc) is 2.69. The number of rotatable bonds is 4. The monoisotopic (exact) mass is 263 g/mol. The SMILES string of the molecule is CNC1(C#N)CCC(N(CC(F)(F)F)C(C)C)C1. The van der Waals surface area contributed by atoms with E-state index in [-0.39, 0.29) is 12.1 Å². The second kappa shape index (κ2) is 5.45. The van der Waals surface area contributed by atoms with E-state index in [4.69, 9.17) is 5.26 Å². The highest BCUT2D eigenvalue weighted by molar-refractivity contribution is 5.13. The minimum atomic E-state index is -4.19. The van der Waals surface area contributed by atoms with Gasteiger partial charge in [-0.1, -0.05) is 0 Å². The van der Waals surface area contributed by atoms with E-state index in [1.54, 1.807) is 20.9 Å². The van der Waals surface area contributed by atoms with Crippen LogP contribution in [0.25, 0.3) is 0 Å². The molecule has 0 heterocycles. The Bertz CT molecular complexity index is 322. The Kier molecular flexibility index (Phi) is 4.62. The van der Waals surface area contributed by atoms with Crippen molar-refractivity contribution < 1.29 is 13.2 Å². The first kappa shape index (κ1) is 15.3. The van der Waals surface area contributed by atoms with Gasteiger partial charge in [0.15, 0.2) is 0 Å². The maximum atomic E-state index is 12.6. The fourth-order valence-electron chi connectivity index (χ4n) is 2.63. The number of nitrogens with zero attached hydrogens (tertiary/aromatic N) is 2. The molecule has 0 spiro atoms. The Hall–Kier alpha value is -0.800. The highest BCUT2D eigenvalue weighted by Gasteiger charge is 2.43. The van der Waals surface area contributed by atoms with Crippen molar-refractivity contribution >= 4 is 0 Å². The molecule has 3 nitrogen and oxygen atoms in total. The molecule has 0 aliphatic heterocycles. The zero-order valence-electron chi connectivity index (χ0n) is 11.0. The number of halogens is 3. The van der Waals surface area contributed by atoms with E-state index in [0.717, 1.165) is 0 Å². The van der Waals surface area contributed by atoms with Crippen LogP contribution in [-0.4, -0.2) is 42.3 Å². The van der Waals surface area contributed by atoms with Crippen molar-refractivity contribution in [1.82, 2.24) is 10.2 Å². The molecule has 0 aromatic rings. The fraction of sp³-hybridized carbons (Fsp3) is 0.917. The molecule has 0 aromatic heterocycles. The Labute approximate surface area is 106 Å². The molecule has 2 unspecified atom stereocenters. The van der Waals surface area contributed by atoms with Gasteiger partial charge in [0.1, 0.15) is 5.54 Å². The van der Waals surface area contributed by atoms with Gasteiger partial charge >= 0.3 is 6.18 Å². The number of nitriles is 1. The molecule has 1 aliphatic rings. The fourth-order valence-corrected chi connectivity index (χ4v) is 2.63. The Morgan fingerprint density at radius 2 is 2.11 bits per heavy atom. The van der Waals surface area contributed by atoms with Crippen molar-refractivity contribution in [3.63, 3.8) is 0 Å². The van der Waals surface area contributed by atoms with E-state index in [0.29, 0.717) is 19.3 Å². The summed E-state index contributed by atoms with van der Waals surface area (Å²) in [6, 6.07) is 1.84. The average molecular weight is 263 g/mol. The van der Waals surface area contributed by atoms with E-state index in [2.05, 4.69) is 11.4 Å². The molecule has 2 atom stereocenters. The summed E-state index contributed by atoms with van der Waals surface area (Å²) in [5.74, 6) is 0. The van der Waals surface area contributed by atoms with Crippen molar-refractivity contribution in [2.45, 2.75) is 56.9 Å². The van der Waals surface area contributed by atoms with Crippen LogP contribution in [0, 0.1) is 11.3 Å². The van der Waals surface area contributed by atoms with Crippen LogP contribution in [0.5, 0.6) is 0 Å². The Balaban J connectivity index is 2.76. The predicted molar refractivity (Wildman–Crippen MR) is 62.9 cm³/mol. The molecule has 1 aliphatic carbocycles. The van der Waals surface area contributed by atoms with E-state index in [9.17, 15) is 13.2 Å². The molecule has 1 fully saturated rings. The summed E-state index contributed by atoms with van der Waals surface area (Å²) < 4.78 is 37.7. The molecule has 0 radical (unpaired) electrons. The zero-order chi connectivity index (χ0) is 14.0. The van der Waals surface area contributed by atoms with Gasteiger partial charge in [-0.3, -0.25) is 4.90 Å². The number of alkyl halides is 3. The quantitative estimate of drug-likeness (QED) is 0.846. The third kappa shape index (κ3) is 3.59. The molecule has 104 valence electrons. The number of hydrogen-bond acceptors (Lipinski definition) is 3. The molecule has 0 bridgehead atoms. The predicted octanol–water partition coefficient (Wildman–Crippen LogP) is 2.29. The van der Waals surface area contributed by atoms with E-state index in [1.807, 2.05) is 0 Å². The molecule has 18 heavy (non-hydrogen) atoms. The lowest BCUT2D eigenvalue weighted by Gasteiger charge is -2.34. The standard InChI is InChI=1S/C12H20F3N3/c1-9(2)18(8-12(13,14)15)10-4-5-11(6-10,7-16)17-3/h9-10,17H,4-6,8H2,1-3H3. The summed E-state index contributed by atoms with van der Waals surface area (Å²) in [4.78, 5) is 1.45. The molecular weight excluding hydrogens is 243 g/mol. The maximum Gasteiger partial charge on any atom is 0.401 e. The van der Waals surface area contributed by atoms with E-state index < -0.39 is 18.3 Å². The third-order valence-corrected chi connectivity index (χ3v) is 3.68. The normalized spacial score (nSPS) is 28.9. The molecule has 1 N–H and O–H groups in total. The van der Waals surface area contributed by atoms with Gasteiger partial charge in [0.05, 0.1) is 12.6 Å². The highest BCUT2D eigenvalue weighted by Crippen LogP contribution is 2.34. The lowest BCUT2D eigenvalue weighted by Crippen LogP contribution is -2.47. The van der Waals surface area contributed by atoms with Gasteiger partial charge in [-0.25, -0.2) is 0 Å². The zero-order valence-corrected chi connectivity index (χ0v) is 11.0. The van der Waals surface area contributed by atoms with Crippen molar-refractivity contribution in [3.05, 3.63) is 0 Å². The van der Waals surface area contributed by atoms with Crippen molar-refractivity contribution in [2.75, 3.05) is 13.6 Å². The maximum absolute atomic E-state index is 12.6. The van der Waals surface area contributed by atoms with Crippen LogP contribution in [0.1, 0.15) is 33.1 Å². The molecule has 1 rings (SSSR count). The number of nitrogens with one attached hydrogen (secondary N) is 1. The number of hydrogen-bond donors (Lipinski definition) is 1. The van der Waals surface area contributed by atoms with Crippen LogP contribution in [-0.2, 0) is 0 Å². The van der Waals surface area contributed by atoms with Gasteiger partial charge in [0.25, 0.3) is 0 Å². The molecule has 1 saturated carbocycles. The van der Waals surface area contributed by atoms with Crippen molar-refractivity contribution in [2.24, 2.45) is 0 Å². The molecule has 0 saturated heterocycles. The van der Waals surface area contributed by atoms with Gasteiger partial charge in [0.2, 0.25) is 0 Å². The first-order valence-corrected chi connectivity index (χ1v) is 6.16. The second-order valence-corrected chi connectivity index (χ2v) is 5.22. The smallest absolute Gasteiger partial charge is 0.302 e. The largest absolute Gasteiger partial charge is 0.401 e. The van der Waals surface area contributed by atoms with Crippen LogP contribution in [0.15, 0.2) is 0 Å². The van der Waals surface area contributed by atoms with E-state index >= 15 is 0 Å². The lowest BCUT2D eigenvalue weighted by atomic mass is 9.99. The van der Waals surface area contributed by atoms with Gasteiger partial charge in [0, 0.05) is 12.1 Å². The first-order valence-electron chi connectivity index (χ1n) is 6.16. The van der Waals surface area contributed by atoms with Crippen LogP contribution < -0.4 is 5.32 Å². The first-order chi connectivity index (χ1) is 8.23. The Morgan fingerprint density at radius 1 is 1.50 bits per heavy atom. The van der Waals surface area contributed by atoms with Gasteiger partial charge in [-0.15, -0.1) is 0 Å². The van der Waals surface area contributed by atoms with Gasteiger partial charge in [-0.05, 0) is 40.2 Å².